The van der Waals surface area contributed by atoms with E-state index in [-0.39, 0.29) is 0 Å². The highest BCUT2D eigenvalue weighted by molar-refractivity contribution is 7.10. The molecule has 0 bridgehead atoms. The lowest BCUT2D eigenvalue weighted by atomic mass is 10.0. The number of thiophene rings is 1. The second-order valence-corrected chi connectivity index (χ2v) is 6.31. The summed E-state index contributed by atoms with van der Waals surface area (Å²) in [7, 11) is 0. The maximum atomic E-state index is 6.07. The van der Waals surface area contributed by atoms with Gasteiger partial charge in [0, 0.05) is 24.0 Å². The van der Waals surface area contributed by atoms with E-state index in [4.69, 9.17) is 10.5 Å². The van der Waals surface area contributed by atoms with Crippen LogP contribution in [0.5, 0.6) is 0 Å². The molecule has 1 aromatic heterocycles. The third-order valence-electron chi connectivity index (χ3n) is 4.35. The lowest BCUT2D eigenvalue weighted by Gasteiger charge is -2.42. The van der Waals surface area contributed by atoms with Gasteiger partial charge in [0.2, 0.25) is 0 Å². The summed E-state index contributed by atoms with van der Waals surface area (Å²) < 4.78 is 5.90. The number of aryl methyl sites for hydroxylation is 1. The fourth-order valence-electron chi connectivity index (χ4n) is 3.46. The van der Waals surface area contributed by atoms with Gasteiger partial charge in [-0.05, 0) is 43.2 Å². The van der Waals surface area contributed by atoms with Gasteiger partial charge in [-0.25, -0.2) is 0 Å². The molecular formula is C14H22N2OS. The van der Waals surface area contributed by atoms with Crippen LogP contribution in [0.25, 0.3) is 0 Å². The van der Waals surface area contributed by atoms with E-state index < -0.39 is 0 Å². The average molecular weight is 266 g/mol. The molecule has 2 N–H and O–H groups in total. The molecule has 1 saturated carbocycles. The highest BCUT2D eigenvalue weighted by Crippen LogP contribution is 2.37. The molecule has 2 aliphatic rings. The Bertz CT molecular complexity index is 406. The van der Waals surface area contributed by atoms with Crippen molar-refractivity contribution >= 4 is 11.3 Å². The number of fused-ring (bicyclic) bond motifs is 1. The maximum Gasteiger partial charge on any atom is 0.0731 e. The summed E-state index contributed by atoms with van der Waals surface area (Å²) in [4.78, 5) is 4.06. The molecule has 0 radical (unpaired) electrons. The van der Waals surface area contributed by atoms with Crippen LogP contribution in [-0.4, -0.2) is 36.7 Å². The van der Waals surface area contributed by atoms with Gasteiger partial charge in [-0.3, -0.25) is 4.90 Å². The second-order valence-electron chi connectivity index (χ2n) is 5.36. The Balaban J connectivity index is 1.85. The molecule has 4 heteroatoms. The van der Waals surface area contributed by atoms with Crippen molar-refractivity contribution in [2.24, 2.45) is 5.73 Å². The van der Waals surface area contributed by atoms with Crippen molar-refractivity contribution in [3.8, 4) is 0 Å². The SMILES string of the molecule is Cc1ccsc1C(CN)N1CCOC2CCCC21. The van der Waals surface area contributed by atoms with Crippen molar-refractivity contribution in [2.45, 2.75) is 44.4 Å². The Hall–Kier alpha value is -0.420. The van der Waals surface area contributed by atoms with Crippen molar-refractivity contribution in [1.29, 1.82) is 0 Å². The summed E-state index contributed by atoms with van der Waals surface area (Å²) in [5.74, 6) is 0. The molecule has 3 rings (SSSR count). The number of hydrogen-bond acceptors (Lipinski definition) is 4. The fraction of sp³-hybridized carbons (Fsp3) is 0.714. The van der Waals surface area contributed by atoms with E-state index in [1.807, 2.05) is 11.3 Å². The van der Waals surface area contributed by atoms with Gasteiger partial charge in [-0.15, -0.1) is 11.3 Å². The highest BCUT2D eigenvalue weighted by atomic mass is 32.1. The molecule has 0 aromatic carbocycles. The predicted octanol–water partition coefficient (Wildman–Crippen LogP) is 2.31. The molecule has 1 aliphatic heterocycles. The minimum atomic E-state index is 0.388. The van der Waals surface area contributed by atoms with E-state index >= 15 is 0 Å². The minimum Gasteiger partial charge on any atom is -0.375 e. The van der Waals surface area contributed by atoms with E-state index in [0.29, 0.717) is 24.7 Å². The van der Waals surface area contributed by atoms with Crippen LogP contribution in [0, 0.1) is 6.92 Å². The summed E-state index contributed by atoms with van der Waals surface area (Å²) >= 11 is 1.85. The molecule has 1 aliphatic carbocycles. The van der Waals surface area contributed by atoms with Crippen LogP contribution in [-0.2, 0) is 4.74 Å². The third kappa shape index (κ3) is 2.11. The standard InChI is InChI=1S/C14H22N2OS/c1-10-5-8-18-14(10)12(9-15)16-6-7-17-13-4-2-3-11(13)16/h5,8,11-13H,2-4,6-7,9,15H2,1H3. The minimum absolute atomic E-state index is 0.388. The zero-order valence-corrected chi connectivity index (χ0v) is 11.8. The summed E-state index contributed by atoms with van der Waals surface area (Å²) in [6.45, 7) is 4.80. The second kappa shape index (κ2) is 5.29. The van der Waals surface area contributed by atoms with Gasteiger partial charge in [-0.1, -0.05) is 0 Å². The topological polar surface area (TPSA) is 38.5 Å². The summed E-state index contributed by atoms with van der Waals surface area (Å²) in [5, 5.41) is 2.18. The van der Waals surface area contributed by atoms with Crippen LogP contribution >= 0.6 is 11.3 Å². The third-order valence-corrected chi connectivity index (χ3v) is 5.47. The Morgan fingerprint density at radius 2 is 2.44 bits per heavy atom. The van der Waals surface area contributed by atoms with Crippen LogP contribution in [0.1, 0.15) is 35.7 Å². The summed E-state index contributed by atoms with van der Waals surface area (Å²) in [5.41, 5.74) is 7.46. The molecular weight excluding hydrogens is 244 g/mol. The maximum absolute atomic E-state index is 6.07. The predicted molar refractivity (Wildman–Crippen MR) is 74.9 cm³/mol. The van der Waals surface area contributed by atoms with Crippen LogP contribution in [0.4, 0.5) is 0 Å². The zero-order chi connectivity index (χ0) is 12.5. The summed E-state index contributed by atoms with van der Waals surface area (Å²) in [6, 6.07) is 3.18. The first-order chi connectivity index (χ1) is 8.81. The van der Waals surface area contributed by atoms with Crippen LogP contribution < -0.4 is 5.73 Å². The van der Waals surface area contributed by atoms with Gasteiger partial charge in [0.15, 0.2) is 0 Å². The van der Waals surface area contributed by atoms with Gasteiger partial charge in [0.1, 0.15) is 0 Å². The normalized spacial score (nSPS) is 30.3. The van der Waals surface area contributed by atoms with Crippen molar-refractivity contribution < 1.29 is 4.74 Å². The van der Waals surface area contributed by atoms with E-state index in [9.17, 15) is 0 Å². The van der Waals surface area contributed by atoms with Crippen LogP contribution in [0.3, 0.4) is 0 Å². The first-order valence-electron chi connectivity index (χ1n) is 6.92. The molecule has 1 saturated heterocycles. The lowest BCUT2D eigenvalue weighted by Crippen LogP contribution is -2.51. The van der Waals surface area contributed by atoms with Gasteiger partial charge < -0.3 is 10.5 Å². The van der Waals surface area contributed by atoms with E-state index in [1.165, 1.54) is 29.7 Å². The highest BCUT2D eigenvalue weighted by Gasteiger charge is 2.39. The first kappa shape index (κ1) is 12.6. The number of rotatable bonds is 3. The number of morpholine rings is 1. The number of nitrogens with two attached hydrogens (primary N) is 1. The fourth-order valence-corrected chi connectivity index (χ4v) is 4.52. The molecule has 1 aromatic rings. The molecule has 3 atom stereocenters. The Kier molecular flexibility index (Phi) is 3.71. The van der Waals surface area contributed by atoms with E-state index in [1.54, 1.807) is 0 Å². The largest absolute Gasteiger partial charge is 0.375 e. The van der Waals surface area contributed by atoms with E-state index in [0.717, 1.165) is 13.2 Å². The summed E-state index contributed by atoms with van der Waals surface area (Å²) in [6.07, 6.45) is 4.24. The molecule has 3 unspecified atom stereocenters. The smallest absolute Gasteiger partial charge is 0.0731 e. The Morgan fingerprint density at radius 1 is 1.56 bits per heavy atom. The van der Waals surface area contributed by atoms with E-state index in [2.05, 4.69) is 23.3 Å². The van der Waals surface area contributed by atoms with Gasteiger partial charge in [-0.2, -0.15) is 0 Å². The van der Waals surface area contributed by atoms with Crippen molar-refractivity contribution in [1.82, 2.24) is 4.90 Å². The Labute approximate surface area is 113 Å². The quantitative estimate of drug-likeness (QED) is 0.912. The van der Waals surface area contributed by atoms with Crippen molar-refractivity contribution in [3.63, 3.8) is 0 Å². The van der Waals surface area contributed by atoms with Crippen molar-refractivity contribution in [3.05, 3.63) is 21.9 Å². The molecule has 18 heavy (non-hydrogen) atoms. The van der Waals surface area contributed by atoms with Gasteiger partial charge in [0.25, 0.3) is 0 Å². The Morgan fingerprint density at radius 3 is 3.17 bits per heavy atom. The lowest BCUT2D eigenvalue weighted by molar-refractivity contribution is -0.0707. The zero-order valence-electron chi connectivity index (χ0n) is 11.0. The molecule has 3 nitrogen and oxygen atoms in total. The molecule has 2 fully saturated rings. The molecule has 0 amide bonds. The number of ether oxygens (including phenoxy) is 1. The molecule has 0 spiro atoms. The van der Waals surface area contributed by atoms with Crippen molar-refractivity contribution in [2.75, 3.05) is 19.7 Å². The van der Waals surface area contributed by atoms with Crippen LogP contribution in [0.2, 0.25) is 0 Å². The van der Waals surface area contributed by atoms with Gasteiger partial charge >= 0.3 is 0 Å². The van der Waals surface area contributed by atoms with Gasteiger partial charge in [0.05, 0.1) is 18.8 Å². The molecule has 2 heterocycles. The number of nitrogens with zero attached hydrogens (tertiary/aromatic N) is 1. The molecule has 100 valence electrons. The number of hydrogen-bond donors (Lipinski definition) is 1. The first-order valence-corrected chi connectivity index (χ1v) is 7.80. The average Bonchev–Trinajstić information content (AvgIpc) is 3.00. The van der Waals surface area contributed by atoms with Crippen LogP contribution in [0.15, 0.2) is 11.4 Å². The monoisotopic (exact) mass is 266 g/mol.